The smallest absolute Gasteiger partial charge is 0.295 e. The summed E-state index contributed by atoms with van der Waals surface area (Å²) in [5.41, 5.74) is 2.00. The largest absolute Gasteiger partial charge is 0.318 e. The van der Waals surface area contributed by atoms with Crippen LogP contribution in [0, 0.1) is 12.8 Å². The van der Waals surface area contributed by atoms with Crippen LogP contribution in [0.4, 0.5) is 5.69 Å². The molecular weight excluding hydrogens is 480 g/mol. The van der Waals surface area contributed by atoms with Crippen LogP contribution in [0.3, 0.4) is 0 Å². The molecule has 0 bridgehead atoms. The summed E-state index contributed by atoms with van der Waals surface area (Å²) in [4.78, 5) is 41.9. The predicted molar refractivity (Wildman–Crippen MR) is 144 cm³/mol. The van der Waals surface area contributed by atoms with E-state index in [0.717, 1.165) is 5.56 Å². The van der Waals surface area contributed by atoms with Crippen LogP contribution in [0.15, 0.2) is 70.4 Å². The van der Waals surface area contributed by atoms with E-state index in [1.807, 2.05) is 74.5 Å². The van der Waals surface area contributed by atoms with Crippen molar-refractivity contribution in [3.05, 3.63) is 87.2 Å². The van der Waals surface area contributed by atoms with Gasteiger partial charge in [-0.05, 0) is 36.6 Å². The highest BCUT2D eigenvalue weighted by Crippen LogP contribution is 2.35. The molecule has 2 amide bonds. The van der Waals surface area contributed by atoms with Crippen molar-refractivity contribution in [2.24, 2.45) is 13.0 Å². The zero-order valence-corrected chi connectivity index (χ0v) is 21.5. The normalized spacial score (nSPS) is 15.8. The molecule has 2 aromatic carbocycles. The van der Waals surface area contributed by atoms with E-state index < -0.39 is 11.9 Å². The Hall–Kier alpha value is -3.43. The maximum absolute atomic E-state index is 13.5. The lowest BCUT2D eigenvalue weighted by molar-refractivity contribution is -0.131. The van der Waals surface area contributed by atoms with Crippen LogP contribution in [-0.2, 0) is 16.6 Å². The number of aromatic nitrogens is 2. The minimum Gasteiger partial charge on any atom is -0.318 e. The molecule has 1 aromatic heterocycles. The Morgan fingerprint density at radius 1 is 1.03 bits per heavy atom. The molecule has 7 nitrogen and oxygen atoms in total. The highest BCUT2D eigenvalue weighted by Gasteiger charge is 2.42. The zero-order valence-electron chi connectivity index (χ0n) is 19.9. The molecule has 0 saturated carbocycles. The van der Waals surface area contributed by atoms with Crippen molar-refractivity contribution in [1.82, 2.24) is 14.3 Å². The van der Waals surface area contributed by atoms with Crippen LogP contribution < -0.4 is 10.9 Å². The van der Waals surface area contributed by atoms with Crippen LogP contribution in [0.2, 0.25) is 0 Å². The number of rotatable bonds is 6. The molecule has 1 N–H and O–H groups in total. The summed E-state index contributed by atoms with van der Waals surface area (Å²) in [5, 5.41) is 2.80. The summed E-state index contributed by atoms with van der Waals surface area (Å²) in [6, 6.07) is 17.8. The van der Waals surface area contributed by atoms with Crippen molar-refractivity contribution in [2.45, 2.75) is 26.8 Å². The van der Waals surface area contributed by atoms with Gasteiger partial charge in [-0.25, -0.2) is 4.68 Å². The standard InChI is InChI=1S/C26H26N4O3S2/c1-16(2)22(29-24(32)20(35-26(29)34)15-18-11-7-5-8-12-18)23(31)27-21-17(3)28(4)30(25(21)33)19-13-9-6-10-14-19/h5-16,22H,1-4H3,(H,27,31)/b20-15-/t22-/m1/s1. The van der Waals surface area contributed by atoms with Gasteiger partial charge in [0.1, 0.15) is 16.0 Å². The highest BCUT2D eigenvalue weighted by atomic mass is 32.2. The summed E-state index contributed by atoms with van der Waals surface area (Å²) >= 11 is 6.68. The van der Waals surface area contributed by atoms with Gasteiger partial charge in [-0.2, -0.15) is 0 Å². The van der Waals surface area contributed by atoms with Crippen molar-refractivity contribution >= 4 is 51.9 Å². The molecule has 0 spiro atoms. The first kappa shape index (κ1) is 24.7. The third kappa shape index (κ3) is 4.74. The number of carbonyl (C=O) groups excluding carboxylic acids is 2. The molecular formula is C26H26N4O3S2. The maximum Gasteiger partial charge on any atom is 0.295 e. The number of amides is 2. The minimum atomic E-state index is -0.867. The molecule has 9 heteroatoms. The lowest BCUT2D eigenvalue weighted by atomic mass is 10.0. The number of benzene rings is 2. The van der Waals surface area contributed by atoms with Gasteiger partial charge in [0.15, 0.2) is 0 Å². The lowest BCUT2D eigenvalue weighted by Gasteiger charge is -2.28. The monoisotopic (exact) mass is 506 g/mol. The summed E-state index contributed by atoms with van der Waals surface area (Å²) in [6.45, 7) is 5.47. The molecule has 2 heterocycles. The Kier molecular flexibility index (Phi) is 7.09. The third-order valence-electron chi connectivity index (χ3n) is 5.90. The summed E-state index contributed by atoms with van der Waals surface area (Å²) in [6.07, 6.45) is 1.77. The maximum atomic E-state index is 13.5. The average Bonchev–Trinajstić information content (AvgIpc) is 3.22. The van der Waals surface area contributed by atoms with Crippen molar-refractivity contribution in [1.29, 1.82) is 0 Å². The first-order chi connectivity index (χ1) is 16.7. The second-order valence-electron chi connectivity index (χ2n) is 8.58. The van der Waals surface area contributed by atoms with E-state index in [1.54, 1.807) is 24.7 Å². The predicted octanol–water partition coefficient (Wildman–Crippen LogP) is 4.35. The molecule has 1 aliphatic heterocycles. The number of nitrogens with zero attached hydrogens (tertiary/aromatic N) is 3. The Morgan fingerprint density at radius 2 is 1.63 bits per heavy atom. The highest BCUT2D eigenvalue weighted by molar-refractivity contribution is 8.26. The molecule has 1 atom stereocenters. The summed E-state index contributed by atoms with van der Waals surface area (Å²) < 4.78 is 3.51. The number of anilines is 1. The number of nitrogens with one attached hydrogen (secondary N) is 1. The van der Waals surface area contributed by atoms with E-state index in [-0.39, 0.29) is 23.1 Å². The van der Waals surface area contributed by atoms with Crippen molar-refractivity contribution in [3.8, 4) is 5.69 Å². The molecule has 180 valence electrons. The van der Waals surface area contributed by atoms with Crippen molar-refractivity contribution in [2.75, 3.05) is 5.32 Å². The molecule has 35 heavy (non-hydrogen) atoms. The van der Waals surface area contributed by atoms with Gasteiger partial charge in [0.2, 0.25) is 5.91 Å². The quantitative estimate of drug-likeness (QED) is 0.397. The van der Waals surface area contributed by atoms with Gasteiger partial charge in [0.25, 0.3) is 11.5 Å². The summed E-state index contributed by atoms with van der Waals surface area (Å²) in [5.74, 6) is -1.01. The van der Waals surface area contributed by atoms with Crippen LogP contribution in [0.25, 0.3) is 11.8 Å². The van der Waals surface area contributed by atoms with Gasteiger partial charge in [0, 0.05) is 7.05 Å². The lowest BCUT2D eigenvalue weighted by Crippen LogP contribution is -2.49. The van der Waals surface area contributed by atoms with Crippen molar-refractivity contribution < 1.29 is 9.59 Å². The average molecular weight is 507 g/mol. The number of thiocarbonyl (C=S) groups is 1. The zero-order chi connectivity index (χ0) is 25.3. The Balaban J connectivity index is 1.65. The van der Waals surface area contributed by atoms with Crippen molar-refractivity contribution in [3.63, 3.8) is 0 Å². The fourth-order valence-electron chi connectivity index (χ4n) is 4.05. The third-order valence-corrected chi connectivity index (χ3v) is 7.23. The molecule has 1 aliphatic rings. The van der Waals surface area contributed by atoms with Crippen LogP contribution >= 0.6 is 24.0 Å². The van der Waals surface area contributed by atoms with E-state index in [9.17, 15) is 14.4 Å². The topological polar surface area (TPSA) is 76.3 Å². The Bertz CT molecular complexity index is 1370. The first-order valence-corrected chi connectivity index (χ1v) is 12.4. The number of hydrogen-bond acceptors (Lipinski definition) is 5. The minimum absolute atomic E-state index is 0.178. The Labute approximate surface area is 213 Å². The number of thioether (sulfide) groups is 1. The molecule has 0 aliphatic carbocycles. The van der Waals surface area contributed by atoms with Gasteiger partial charge in [-0.3, -0.25) is 24.0 Å². The molecule has 3 aromatic rings. The van der Waals surface area contributed by atoms with Gasteiger partial charge in [-0.15, -0.1) is 0 Å². The Morgan fingerprint density at radius 3 is 2.23 bits per heavy atom. The second kappa shape index (κ2) is 10.1. The van der Waals surface area contributed by atoms with Gasteiger partial charge < -0.3 is 5.32 Å². The SMILES string of the molecule is Cc1c(NC(=O)[C@@H](C(C)C)N2C(=O)/C(=C/c3ccccc3)SC2=S)c(=O)n(-c2ccccc2)n1C. The summed E-state index contributed by atoms with van der Waals surface area (Å²) in [7, 11) is 1.76. The number of para-hydroxylation sites is 1. The number of carbonyl (C=O) groups is 2. The molecule has 0 radical (unpaired) electrons. The van der Waals surface area contributed by atoms with E-state index in [1.165, 1.54) is 21.3 Å². The van der Waals surface area contributed by atoms with E-state index in [2.05, 4.69) is 5.32 Å². The molecule has 1 saturated heterocycles. The van der Waals surface area contributed by atoms with E-state index in [0.29, 0.717) is 20.6 Å². The number of hydrogen-bond donors (Lipinski definition) is 1. The fraction of sp³-hybridized carbons (Fsp3) is 0.231. The van der Waals surface area contributed by atoms with Gasteiger partial charge >= 0.3 is 0 Å². The second-order valence-corrected chi connectivity index (χ2v) is 10.3. The molecule has 1 fully saturated rings. The van der Waals surface area contributed by atoms with Crippen LogP contribution in [-0.4, -0.2) is 36.4 Å². The van der Waals surface area contributed by atoms with Gasteiger partial charge in [-0.1, -0.05) is 86.4 Å². The van der Waals surface area contributed by atoms with Gasteiger partial charge in [0.05, 0.1) is 16.3 Å². The first-order valence-electron chi connectivity index (χ1n) is 11.2. The molecule has 4 rings (SSSR count). The van der Waals surface area contributed by atoms with E-state index >= 15 is 0 Å². The van der Waals surface area contributed by atoms with Crippen LogP contribution in [0.1, 0.15) is 25.1 Å². The molecule has 0 unspecified atom stereocenters. The van der Waals surface area contributed by atoms with E-state index in [4.69, 9.17) is 12.2 Å². The van der Waals surface area contributed by atoms with Crippen LogP contribution in [0.5, 0.6) is 0 Å². The fourth-order valence-corrected chi connectivity index (χ4v) is 5.38.